The van der Waals surface area contributed by atoms with Crippen LogP contribution in [-0.4, -0.2) is 22.1 Å². The van der Waals surface area contributed by atoms with Gasteiger partial charge in [-0.05, 0) is 12.1 Å². The Bertz CT molecular complexity index is 576. The molecule has 0 radical (unpaired) electrons. The predicted octanol–water partition coefficient (Wildman–Crippen LogP) is 3.50. The summed E-state index contributed by atoms with van der Waals surface area (Å²) < 4.78 is 5.03. The molecule has 0 aliphatic rings. The molecule has 2 heterocycles. The third-order valence-corrected chi connectivity index (χ3v) is 2.86. The van der Waals surface area contributed by atoms with Crippen LogP contribution in [-0.2, 0) is 5.41 Å². The average molecular weight is 278 g/mol. The van der Waals surface area contributed by atoms with E-state index in [2.05, 4.69) is 35.7 Å². The molecule has 2 aromatic rings. The Morgan fingerprint density at radius 2 is 1.89 bits per heavy atom. The van der Waals surface area contributed by atoms with E-state index in [0.717, 1.165) is 11.3 Å². The molecule has 0 aromatic carbocycles. The largest absolute Gasteiger partial charge is 0.481 e. The van der Waals surface area contributed by atoms with Gasteiger partial charge in [0.05, 0.1) is 12.8 Å². The highest BCUT2D eigenvalue weighted by atomic mass is 35.5. The number of ether oxygens (including phenoxy) is 1. The van der Waals surface area contributed by atoms with Crippen molar-refractivity contribution in [1.82, 2.24) is 15.0 Å². The van der Waals surface area contributed by atoms with E-state index in [0.29, 0.717) is 16.9 Å². The van der Waals surface area contributed by atoms with E-state index in [9.17, 15) is 0 Å². The summed E-state index contributed by atoms with van der Waals surface area (Å²) >= 11 is 6.07. The maximum Gasteiger partial charge on any atom is 0.212 e. The van der Waals surface area contributed by atoms with Gasteiger partial charge in [0.1, 0.15) is 5.15 Å². The predicted molar refractivity (Wildman–Crippen MR) is 75.5 cm³/mol. The van der Waals surface area contributed by atoms with Crippen LogP contribution in [0.1, 0.15) is 26.5 Å². The van der Waals surface area contributed by atoms with E-state index in [1.807, 2.05) is 6.07 Å². The monoisotopic (exact) mass is 277 g/mol. The molecule has 0 aliphatic carbocycles. The normalized spacial score (nSPS) is 11.4. The fourth-order valence-corrected chi connectivity index (χ4v) is 1.75. The van der Waals surface area contributed by atoms with Crippen LogP contribution in [0.4, 0.5) is 0 Å². The van der Waals surface area contributed by atoms with Crippen molar-refractivity contribution in [1.29, 1.82) is 0 Å². The molecule has 0 saturated heterocycles. The van der Waals surface area contributed by atoms with E-state index < -0.39 is 0 Å². The third kappa shape index (κ3) is 3.20. The number of rotatable bonds is 2. The maximum atomic E-state index is 6.07. The Hall–Kier alpha value is -1.68. The number of pyridine rings is 1. The standard InChI is InChI=1S/C14H16ClN3O/c1-14(2,3)10-7-11(15)18-13(17-10)9-5-6-12(19-4)16-8-9/h5-8H,1-4H3. The SMILES string of the molecule is COc1ccc(-c2nc(Cl)cc(C(C)(C)C)n2)cn1. The number of hydrogen-bond donors (Lipinski definition) is 0. The summed E-state index contributed by atoms with van der Waals surface area (Å²) in [4.78, 5) is 13.0. The Labute approximate surface area is 117 Å². The zero-order chi connectivity index (χ0) is 14.0. The highest BCUT2D eigenvalue weighted by Gasteiger charge is 2.18. The lowest BCUT2D eigenvalue weighted by atomic mass is 9.92. The van der Waals surface area contributed by atoms with Crippen LogP contribution in [0.3, 0.4) is 0 Å². The van der Waals surface area contributed by atoms with E-state index in [1.165, 1.54) is 0 Å². The molecule has 2 aromatic heterocycles. The minimum absolute atomic E-state index is 0.0821. The molecule has 0 bridgehead atoms. The van der Waals surface area contributed by atoms with Gasteiger partial charge in [-0.15, -0.1) is 0 Å². The van der Waals surface area contributed by atoms with E-state index in [-0.39, 0.29) is 5.41 Å². The lowest BCUT2D eigenvalue weighted by Gasteiger charge is -2.18. The van der Waals surface area contributed by atoms with E-state index in [1.54, 1.807) is 25.4 Å². The molecular weight excluding hydrogens is 262 g/mol. The van der Waals surface area contributed by atoms with Crippen molar-refractivity contribution >= 4 is 11.6 Å². The van der Waals surface area contributed by atoms with Crippen LogP contribution in [0.5, 0.6) is 5.88 Å². The molecule has 0 amide bonds. The number of halogens is 1. The van der Waals surface area contributed by atoms with Gasteiger partial charge in [-0.2, -0.15) is 0 Å². The molecule has 0 unspecified atom stereocenters. The topological polar surface area (TPSA) is 47.9 Å². The minimum Gasteiger partial charge on any atom is -0.481 e. The average Bonchev–Trinajstić information content (AvgIpc) is 2.37. The zero-order valence-electron chi connectivity index (χ0n) is 11.4. The Balaban J connectivity index is 2.46. The van der Waals surface area contributed by atoms with Crippen molar-refractivity contribution in [2.45, 2.75) is 26.2 Å². The highest BCUT2D eigenvalue weighted by Crippen LogP contribution is 2.25. The van der Waals surface area contributed by atoms with E-state index >= 15 is 0 Å². The second-order valence-electron chi connectivity index (χ2n) is 5.24. The molecule has 0 saturated carbocycles. The van der Waals surface area contributed by atoms with Crippen LogP contribution in [0.25, 0.3) is 11.4 Å². The van der Waals surface area contributed by atoms with Gasteiger partial charge >= 0.3 is 0 Å². The molecule has 100 valence electrons. The Morgan fingerprint density at radius 3 is 2.42 bits per heavy atom. The summed E-state index contributed by atoms with van der Waals surface area (Å²) in [6.07, 6.45) is 1.68. The first kappa shape index (κ1) is 13.7. The molecule has 5 heteroatoms. The van der Waals surface area contributed by atoms with Crippen molar-refractivity contribution < 1.29 is 4.74 Å². The molecule has 0 N–H and O–H groups in total. The summed E-state index contributed by atoms with van der Waals surface area (Å²) in [6.45, 7) is 6.26. The minimum atomic E-state index is -0.0821. The number of nitrogens with zero attached hydrogens (tertiary/aromatic N) is 3. The first-order chi connectivity index (χ1) is 8.90. The van der Waals surface area contributed by atoms with Crippen molar-refractivity contribution in [2.24, 2.45) is 0 Å². The Kier molecular flexibility index (Phi) is 3.71. The van der Waals surface area contributed by atoms with Crippen LogP contribution >= 0.6 is 11.6 Å². The van der Waals surface area contributed by atoms with Crippen LogP contribution in [0.15, 0.2) is 24.4 Å². The molecule has 0 spiro atoms. The smallest absolute Gasteiger partial charge is 0.212 e. The molecular formula is C14H16ClN3O. The molecule has 19 heavy (non-hydrogen) atoms. The molecule has 0 aliphatic heterocycles. The van der Waals surface area contributed by atoms with Gasteiger partial charge < -0.3 is 4.74 Å². The van der Waals surface area contributed by atoms with Crippen molar-refractivity contribution in [3.05, 3.63) is 35.2 Å². The van der Waals surface area contributed by atoms with Crippen molar-refractivity contribution in [3.63, 3.8) is 0 Å². The van der Waals surface area contributed by atoms with Crippen LogP contribution in [0.2, 0.25) is 5.15 Å². The molecule has 0 atom stereocenters. The number of methoxy groups -OCH3 is 1. The van der Waals surface area contributed by atoms with Gasteiger partial charge in [0, 0.05) is 23.2 Å². The summed E-state index contributed by atoms with van der Waals surface area (Å²) in [6, 6.07) is 5.43. The molecule has 4 nitrogen and oxygen atoms in total. The van der Waals surface area contributed by atoms with Gasteiger partial charge in [-0.25, -0.2) is 15.0 Å². The first-order valence-electron chi connectivity index (χ1n) is 5.95. The van der Waals surface area contributed by atoms with Gasteiger partial charge in [-0.3, -0.25) is 0 Å². The van der Waals surface area contributed by atoms with Crippen molar-refractivity contribution in [2.75, 3.05) is 7.11 Å². The number of hydrogen-bond acceptors (Lipinski definition) is 4. The lowest BCUT2D eigenvalue weighted by Crippen LogP contribution is -2.14. The lowest BCUT2D eigenvalue weighted by molar-refractivity contribution is 0.398. The third-order valence-electron chi connectivity index (χ3n) is 2.67. The van der Waals surface area contributed by atoms with Gasteiger partial charge in [0.15, 0.2) is 5.82 Å². The van der Waals surface area contributed by atoms with Crippen molar-refractivity contribution in [3.8, 4) is 17.3 Å². The van der Waals surface area contributed by atoms with Gasteiger partial charge in [0.25, 0.3) is 0 Å². The quantitative estimate of drug-likeness (QED) is 0.788. The summed E-state index contributed by atoms with van der Waals surface area (Å²) in [5.41, 5.74) is 1.63. The Morgan fingerprint density at radius 1 is 1.16 bits per heavy atom. The molecule has 2 rings (SSSR count). The van der Waals surface area contributed by atoms with Gasteiger partial charge in [0.2, 0.25) is 5.88 Å². The summed E-state index contributed by atoms with van der Waals surface area (Å²) in [5.74, 6) is 1.13. The second-order valence-corrected chi connectivity index (χ2v) is 5.63. The van der Waals surface area contributed by atoms with Gasteiger partial charge in [-0.1, -0.05) is 32.4 Å². The second kappa shape index (κ2) is 5.13. The van der Waals surface area contributed by atoms with E-state index in [4.69, 9.17) is 16.3 Å². The summed E-state index contributed by atoms with van der Waals surface area (Å²) in [7, 11) is 1.58. The van der Waals surface area contributed by atoms with Crippen LogP contribution in [0, 0.1) is 0 Å². The molecule has 0 fully saturated rings. The number of aromatic nitrogens is 3. The zero-order valence-corrected chi connectivity index (χ0v) is 12.2. The maximum absolute atomic E-state index is 6.07. The fourth-order valence-electron chi connectivity index (χ4n) is 1.56. The van der Waals surface area contributed by atoms with Crippen LogP contribution < -0.4 is 4.74 Å². The first-order valence-corrected chi connectivity index (χ1v) is 6.33. The summed E-state index contributed by atoms with van der Waals surface area (Å²) in [5, 5.41) is 0.436. The fraction of sp³-hybridized carbons (Fsp3) is 0.357. The highest BCUT2D eigenvalue weighted by molar-refractivity contribution is 6.29.